The Morgan fingerprint density at radius 1 is 1.11 bits per heavy atom. The van der Waals surface area contributed by atoms with Crippen molar-refractivity contribution in [3.63, 3.8) is 0 Å². The van der Waals surface area contributed by atoms with Crippen LogP contribution in [0.5, 0.6) is 0 Å². The quantitative estimate of drug-likeness (QED) is 0.314. The summed E-state index contributed by atoms with van der Waals surface area (Å²) in [7, 11) is 1.20. The lowest BCUT2D eigenvalue weighted by atomic mass is 9.95. The lowest BCUT2D eigenvalue weighted by Gasteiger charge is -2.32. The number of ether oxygens (including phenoxy) is 2. The molecular formula is C26H37N3O6. The van der Waals surface area contributed by atoms with Crippen LogP contribution in [0.1, 0.15) is 63.8 Å². The van der Waals surface area contributed by atoms with Crippen molar-refractivity contribution >= 4 is 23.9 Å². The van der Waals surface area contributed by atoms with E-state index >= 15 is 0 Å². The predicted molar refractivity (Wildman–Crippen MR) is 132 cm³/mol. The lowest BCUT2D eigenvalue weighted by Crippen LogP contribution is -2.54. The van der Waals surface area contributed by atoms with Crippen LogP contribution in [0.15, 0.2) is 18.2 Å². The third-order valence-electron chi connectivity index (χ3n) is 5.23. The Bertz CT molecular complexity index is 956. The molecule has 0 bridgehead atoms. The van der Waals surface area contributed by atoms with Gasteiger partial charge in [0.05, 0.1) is 7.11 Å². The van der Waals surface area contributed by atoms with Gasteiger partial charge in [0.15, 0.2) is 0 Å². The number of nitrogens with zero attached hydrogens (tertiary/aromatic N) is 1. The van der Waals surface area contributed by atoms with Crippen LogP contribution in [0.4, 0.5) is 4.79 Å². The minimum Gasteiger partial charge on any atom is -0.468 e. The summed E-state index contributed by atoms with van der Waals surface area (Å²) in [5, 5.41) is 5.09. The van der Waals surface area contributed by atoms with Gasteiger partial charge >= 0.3 is 12.1 Å². The van der Waals surface area contributed by atoms with Crippen LogP contribution in [0.25, 0.3) is 0 Å². The van der Waals surface area contributed by atoms with E-state index in [4.69, 9.17) is 11.2 Å². The van der Waals surface area contributed by atoms with Gasteiger partial charge in [-0.3, -0.25) is 19.3 Å². The molecule has 9 heteroatoms. The SMILES string of the molecule is C#CN(C(=O)C(NC(=O)OC(C)(C)C)C(C)CC)C(C(=O)NCC(=O)OC)c1cc(C)cc(C)c1. The number of alkyl carbamates (subject to hydrolysis) is 1. The van der Waals surface area contributed by atoms with Crippen molar-refractivity contribution in [2.24, 2.45) is 5.92 Å². The monoisotopic (exact) mass is 487 g/mol. The van der Waals surface area contributed by atoms with Gasteiger partial charge in [-0.2, -0.15) is 0 Å². The van der Waals surface area contributed by atoms with Crippen molar-refractivity contribution in [3.05, 3.63) is 34.9 Å². The number of terminal acetylenes is 1. The summed E-state index contributed by atoms with van der Waals surface area (Å²) in [5.74, 6) is -2.28. The molecule has 0 aliphatic heterocycles. The number of hydrogen-bond acceptors (Lipinski definition) is 6. The molecule has 3 atom stereocenters. The molecule has 0 spiro atoms. The molecule has 192 valence electrons. The first kappa shape index (κ1) is 29.5. The molecule has 1 rings (SSSR count). The van der Waals surface area contributed by atoms with Crippen molar-refractivity contribution in [1.82, 2.24) is 15.5 Å². The van der Waals surface area contributed by atoms with E-state index in [1.807, 2.05) is 26.8 Å². The normalized spacial score (nSPS) is 13.5. The first-order chi connectivity index (χ1) is 16.2. The van der Waals surface area contributed by atoms with E-state index in [2.05, 4.69) is 21.4 Å². The van der Waals surface area contributed by atoms with Crippen LogP contribution in [0.3, 0.4) is 0 Å². The molecule has 2 N–H and O–H groups in total. The highest BCUT2D eigenvalue weighted by molar-refractivity contribution is 5.94. The molecule has 3 unspecified atom stereocenters. The second kappa shape index (κ2) is 12.8. The fourth-order valence-corrected chi connectivity index (χ4v) is 3.45. The molecule has 0 radical (unpaired) electrons. The summed E-state index contributed by atoms with van der Waals surface area (Å²) in [4.78, 5) is 52.0. The Balaban J connectivity index is 3.46. The average Bonchev–Trinajstić information content (AvgIpc) is 2.76. The topological polar surface area (TPSA) is 114 Å². The van der Waals surface area contributed by atoms with Crippen LogP contribution in [0, 0.1) is 32.2 Å². The standard InChI is InChI=1S/C26H37N3O6/c1-10-18(5)21(28-25(33)35-26(6,7)8)24(32)29(11-2)22(23(31)27-15-20(30)34-9)19-13-16(3)12-17(4)14-19/h2,12-14,18,21-22H,10,15H2,1,3-9H3,(H,27,31)(H,28,33). The summed E-state index contributed by atoms with van der Waals surface area (Å²) in [5.41, 5.74) is 1.42. The second-order valence-corrected chi connectivity index (χ2v) is 9.46. The molecule has 35 heavy (non-hydrogen) atoms. The van der Waals surface area contributed by atoms with Crippen molar-refractivity contribution in [3.8, 4) is 12.5 Å². The molecule has 0 aromatic heterocycles. The largest absolute Gasteiger partial charge is 0.468 e. The Hall–Kier alpha value is -3.54. The minimum absolute atomic E-state index is 0.316. The Morgan fingerprint density at radius 3 is 2.14 bits per heavy atom. The van der Waals surface area contributed by atoms with Crippen LogP contribution in [-0.2, 0) is 23.9 Å². The number of amides is 3. The van der Waals surface area contributed by atoms with Crippen LogP contribution >= 0.6 is 0 Å². The summed E-state index contributed by atoms with van der Waals surface area (Å²) in [6.45, 7) is 12.1. The maximum Gasteiger partial charge on any atom is 0.408 e. The zero-order chi connectivity index (χ0) is 26.9. The molecule has 0 saturated carbocycles. The van der Waals surface area contributed by atoms with E-state index in [0.29, 0.717) is 12.0 Å². The van der Waals surface area contributed by atoms with E-state index in [1.54, 1.807) is 39.8 Å². The maximum absolute atomic E-state index is 13.7. The summed E-state index contributed by atoms with van der Waals surface area (Å²) >= 11 is 0. The summed E-state index contributed by atoms with van der Waals surface area (Å²) < 4.78 is 9.92. The Kier molecular flexibility index (Phi) is 10.8. The smallest absolute Gasteiger partial charge is 0.408 e. The highest BCUT2D eigenvalue weighted by atomic mass is 16.6. The fraction of sp³-hybridized carbons (Fsp3) is 0.538. The van der Waals surface area contributed by atoms with Crippen molar-refractivity contribution < 1.29 is 28.7 Å². The van der Waals surface area contributed by atoms with Gasteiger partial charge in [0.25, 0.3) is 5.91 Å². The first-order valence-electron chi connectivity index (χ1n) is 11.5. The molecule has 3 amide bonds. The zero-order valence-electron chi connectivity index (χ0n) is 21.9. The number of methoxy groups -OCH3 is 1. The molecule has 9 nitrogen and oxygen atoms in total. The van der Waals surface area contributed by atoms with Crippen LogP contribution in [0.2, 0.25) is 0 Å². The predicted octanol–water partition coefficient (Wildman–Crippen LogP) is 2.99. The summed E-state index contributed by atoms with van der Waals surface area (Å²) in [6.07, 6.45) is 5.54. The molecule has 0 heterocycles. The number of rotatable bonds is 9. The van der Waals surface area contributed by atoms with Crippen LogP contribution < -0.4 is 10.6 Å². The molecule has 1 aromatic rings. The van der Waals surface area contributed by atoms with Gasteiger partial charge in [-0.25, -0.2) is 4.79 Å². The van der Waals surface area contributed by atoms with E-state index in [1.165, 1.54) is 7.11 Å². The maximum atomic E-state index is 13.7. The molecule has 0 aliphatic rings. The molecule has 0 fully saturated rings. The molecule has 0 saturated heterocycles. The number of nitrogens with one attached hydrogen (secondary N) is 2. The lowest BCUT2D eigenvalue weighted by molar-refractivity contribution is -0.143. The van der Waals surface area contributed by atoms with Gasteiger partial charge in [0, 0.05) is 6.04 Å². The highest BCUT2D eigenvalue weighted by Gasteiger charge is 2.38. The van der Waals surface area contributed by atoms with Gasteiger partial charge in [0.1, 0.15) is 24.2 Å². The zero-order valence-corrected chi connectivity index (χ0v) is 21.9. The number of carbonyl (C=O) groups is 4. The number of esters is 1. The minimum atomic E-state index is -1.25. The Labute approximate surface area is 207 Å². The highest BCUT2D eigenvalue weighted by Crippen LogP contribution is 2.26. The van der Waals surface area contributed by atoms with Crippen molar-refractivity contribution in [2.75, 3.05) is 13.7 Å². The van der Waals surface area contributed by atoms with Gasteiger partial charge < -0.3 is 20.1 Å². The van der Waals surface area contributed by atoms with Gasteiger partial charge in [0.2, 0.25) is 5.91 Å². The van der Waals surface area contributed by atoms with Crippen LogP contribution in [-0.4, -0.2) is 54.1 Å². The third-order valence-corrected chi connectivity index (χ3v) is 5.23. The van der Waals surface area contributed by atoms with E-state index < -0.39 is 48.1 Å². The molecular weight excluding hydrogens is 450 g/mol. The fourth-order valence-electron chi connectivity index (χ4n) is 3.45. The van der Waals surface area contributed by atoms with Gasteiger partial charge in [-0.1, -0.05) is 56.0 Å². The van der Waals surface area contributed by atoms with E-state index in [9.17, 15) is 19.2 Å². The number of hydrogen-bond donors (Lipinski definition) is 2. The second-order valence-electron chi connectivity index (χ2n) is 9.46. The van der Waals surface area contributed by atoms with E-state index in [0.717, 1.165) is 16.0 Å². The Morgan fingerprint density at radius 2 is 1.69 bits per heavy atom. The van der Waals surface area contributed by atoms with Gasteiger partial charge in [-0.05, 0) is 46.1 Å². The molecule has 0 aliphatic carbocycles. The number of carbonyl (C=O) groups excluding carboxylic acids is 4. The van der Waals surface area contributed by atoms with Crippen molar-refractivity contribution in [1.29, 1.82) is 0 Å². The van der Waals surface area contributed by atoms with E-state index in [-0.39, 0.29) is 5.92 Å². The number of benzene rings is 1. The average molecular weight is 488 g/mol. The third kappa shape index (κ3) is 8.96. The van der Waals surface area contributed by atoms with Gasteiger partial charge in [-0.15, -0.1) is 0 Å². The number of aryl methyl sites for hydroxylation is 2. The van der Waals surface area contributed by atoms with Crippen molar-refractivity contribution in [2.45, 2.75) is 72.6 Å². The first-order valence-corrected chi connectivity index (χ1v) is 11.5. The summed E-state index contributed by atoms with van der Waals surface area (Å²) in [6, 6.07) is 5.42. The molecule has 1 aromatic carbocycles.